The van der Waals surface area contributed by atoms with E-state index in [1.807, 2.05) is 5.38 Å². The number of rotatable bonds is 2. The quantitative estimate of drug-likeness (QED) is 0.460. The molecule has 0 saturated carbocycles. The molecule has 0 spiro atoms. The van der Waals surface area contributed by atoms with Crippen molar-refractivity contribution in [1.82, 2.24) is 4.98 Å². The molecule has 0 fully saturated rings. The van der Waals surface area contributed by atoms with Gasteiger partial charge >= 0.3 is 5.97 Å². The fourth-order valence-corrected chi connectivity index (χ4v) is 2.06. The maximum atomic E-state index is 11.0. The summed E-state index contributed by atoms with van der Waals surface area (Å²) in [4.78, 5) is 15.5. The molecule has 0 aliphatic carbocycles. The molecule has 0 atom stereocenters. The fourth-order valence-electron chi connectivity index (χ4n) is 1.10. The number of esters is 1. The lowest BCUT2D eigenvalue weighted by Crippen LogP contribution is -2.11. The average Bonchev–Trinajstić information content (AvgIpc) is 2.66. The van der Waals surface area contributed by atoms with Gasteiger partial charge in [-0.2, -0.15) is 0 Å². The molecular weight excluding hydrogens is 234 g/mol. The zero-order valence-corrected chi connectivity index (χ0v) is 11.5. The highest BCUT2D eigenvalue weighted by Gasteiger charge is 2.16. The lowest BCUT2D eigenvalue weighted by Gasteiger charge is -2.14. The molecule has 1 aromatic rings. The lowest BCUT2D eigenvalue weighted by molar-refractivity contribution is -0.136. The Hall–Kier alpha value is -1.34. The minimum atomic E-state index is -0.472. The summed E-state index contributed by atoms with van der Waals surface area (Å²) in [6.45, 7) is 8.48. The molecule has 92 valence electrons. The smallest absolute Gasteiger partial charge is 0.384 e. The molecule has 1 rings (SSSR count). The molecule has 0 aliphatic rings. The molecule has 0 saturated heterocycles. The van der Waals surface area contributed by atoms with Crippen molar-refractivity contribution in [3.8, 4) is 11.8 Å². The van der Waals surface area contributed by atoms with Gasteiger partial charge in [-0.3, -0.25) is 0 Å². The van der Waals surface area contributed by atoms with Crippen molar-refractivity contribution in [1.29, 1.82) is 0 Å². The van der Waals surface area contributed by atoms with Crippen LogP contribution in [-0.4, -0.2) is 17.6 Å². The van der Waals surface area contributed by atoms with Crippen molar-refractivity contribution in [2.45, 2.75) is 39.5 Å². The van der Waals surface area contributed by atoms with Gasteiger partial charge in [0.25, 0.3) is 0 Å². The average molecular weight is 251 g/mol. The van der Waals surface area contributed by atoms with Gasteiger partial charge in [0.1, 0.15) is 5.01 Å². The molecule has 0 unspecified atom stereocenters. The predicted octanol–water partition coefficient (Wildman–Crippen LogP) is 2.55. The van der Waals surface area contributed by atoms with Crippen LogP contribution in [-0.2, 0) is 21.4 Å². The van der Waals surface area contributed by atoms with Crippen molar-refractivity contribution in [3.63, 3.8) is 0 Å². The fraction of sp³-hybridized carbons (Fsp3) is 0.538. The lowest BCUT2D eigenvalue weighted by atomic mass is 9.93. The topological polar surface area (TPSA) is 39.2 Å². The van der Waals surface area contributed by atoms with Crippen LogP contribution in [0.2, 0.25) is 0 Å². The van der Waals surface area contributed by atoms with E-state index in [2.05, 4.69) is 37.6 Å². The summed E-state index contributed by atoms with van der Waals surface area (Å²) in [7, 11) is 0. The van der Waals surface area contributed by atoms with Gasteiger partial charge in [0.15, 0.2) is 0 Å². The highest BCUT2D eigenvalue weighted by Crippen LogP contribution is 2.23. The first-order valence-electron chi connectivity index (χ1n) is 5.54. The first-order valence-corrected chi connectivity index (χ1v) is 6.42. The SMILES string of the molecule is CCOC(=O)C#CCc1nc(C(C)(C)C)cs1. The van der Waals surface area contributed by atoms with Crippen molar-refractivity contribution in [2.24, 2.45) is 0 Å². The van der Waals surface area contributed by atoms with Crippen LogP contribution in [0.1, 0.15) is 38.4 Å². The molecule has 1 aromatic heterocycles. The van der Waals surface area contributed by atoms with E-state index in [1.165, 1.54) is 0 Å². The largest absolute Gasteiger partial charge is 0.456 e. The molecule has 0 N–H and O–H groups in total. The van der Waals surface area contributed by atoms with Crippen molar-refractivity contribution in [2.75, 3.05) is 6.61 Å². The second-order valence-corrected chi connectivity index (χ2v) is 5.52. The van der Waals surface area contributed by atoms with E-state index in [-0.39, 0.29) is 5.41 Å². The third-order valence-electron chi connectivity index (χ3n) is 2.03. The van der Waals surface area contributed by atoms with Crippen LogP contribution in [0.4, 0.5) is 0 Å². The van der Waals surface area contributed by atoms with E-state index in [1.54, 1.807) is 18.3 Å². The van der Waals surface area contributed by atoms with Gasteiger partial charge in [-0.25, -0.2) is 9.78 Å². The zero-order chi connectivity index (χ0) is 12.9. The molecule has 0 bridgehead atoms. The minimum Gasteiger partial charge on any atom is -0.456 e. The third kappa shape index (κ3) is 4.58. The van der Waals surface area contributed by atoms with E-state index >= 15 is 0 Å². The number of aromatic nitrogens is 1. The standard InChI is InChI=1S/C13H17NO2S/c1-5-16-12(15)8-6-7-11-14-10(9-17-11)13(2,3)4/h9H,5,7H2,1-4H3. The van der Waals surface area contributed by atoms with Gasteiger partial charge in [0.05, 0.1) is 18.7 Å². The van der Waals surface area contributed by atoms with Crippen molar-refractivity contribution in [3.05, 3.63) is 16.1 Å². The van der Waals surface area contributed by atoms with Gasteiger partial charge in [0.2, 0.25) is 0 Å². The first kappa shape index (κ1) is 13.7. The molecule has 0 radical (unpaired) electrons. The highest BCUT2D eigenvalue weighted by molar-refractivity contribution is 7.09. The molecule has 1 heterocycles. The Morgan fingerprint density at radius 2 is 2.24 bits per heavy atom. The van der Waals surface area contributed by atoms with Crippen LogP contribution in [0.15, 0.2) is 5.38 Å². The van der Waals surface area contributed by atoms with Crippen LogP contribution >= 0.6 is 11.3 Å². The molecule has 0 amide bonds. The molecule has 3 nitrogen and oxygen atoms in total. The Morgan fingerprint density at radius 1 is 1.53 bits per heavy atom. The Kier molecular flexibility index (Phi) is 4.71. The predicted molar refractivity (Wildman–Crippen MR) is 68.9 cm³/mol. The maximum Gasteiger partial charge on any atom is 0.384 e. The number of carbonyl (C=O) groups is 1. The number of carbonyl (C=O) groups excluding carboxylic acids is 1. The number of nitrogens with zero attached hydrogens (tertiary/aromatic N) is 1. The maximum absolute atomic E-state index is 11.0. The van der Waals surface area contributed by atoms with Gasteiger partial charge in [-0.1, -0.05) is 26.7 Å². The summed E-state index contributed by atoms with van der Waals surface area (Å²) in [6, 6.07) is 0. The Bertz CT molecular complexity index is 446. The summed E-state index contributed by atoms with van der Waals surface area (Å²) in [5.74, 6) is 4.74. The van der Waals surface area contributed by atoms with Gasteiger partial charge in [0, 0.05) is 16.7 Å². The van der Waals surface area contributed by atoms with Crippen LogP contribution in [0.25, 0.3) is 0 Å². The van der Waals surface area contributed by atoms with E-state index < -0.39 is 5.97 Å². The second-order valence-electron chi connectivity index (χ2n) is 4.58. The number of hydrogen-bond acceptors (Lipinski definition) is 4. The van der Waals surface area contributed by atoms with Crippen molar-refractivity contribution < 1.29 is 9.53 Å². The molecule has 0 aromatic carbocycles. The van der Waals surface area contributed by atoms with E-state index in [9.17, 15) is 4.79 Å². The van der Waals surface area contributed by atoms with Crippen LogP contribution in [0.3, 0.4) is 0 Å². The van der Waals surface area contributed by atoms with Crippen LogP contribution < -0.4 is 0 Å². The Labute approximate surface area is 106 Å². The van der Waals surface area contributed by atoms with Gasteiger partial charge in [-0.15, -0.1) is 11.3 Å². The van der Waals surface area contributed by atoms with E-state index in [4.69, 9.17) is 4.74 Å². The summed E-state index contributed by atoms with van der Waals surface area (Å²) < 4.78 is 4.71. The monoisotopic (exact) mass is 251 g/mol. The van der Waals surface area contributed by atoms with E-state index in [0.29, 0.717) is 13.0 Å². The third-order valence-corrected chi connectivity index (χ3v) is 2.87. The molecule has 4 heteroatoms. The summed E-state index contributed by atoms with van der Waals surface area (Å²) in [6.07, 6.45) is 0.500. The normalized spacial score (nSPS) is 10.6. The van der Waals surface area contributed by atoms with Gasteiger partial charge < -0.3 is 4.74 Å². The summed E-state index contributed by atoms with van der Waals surface area (Å²) in [5.41, 5.74) is 1.12. The van der Waals surface area contributed by atoms with Gasteiger partial charge in [-0.05, 0) is 6.92 Å². The summed E-state index contributed by atoms with van der Waals surface area (Å²) >= 11 is 1.58. The zero-order valence-electron chi connectivity index (χ0n) is 10.7. The van der Waals surface area contributed by atoms with E-state index in [0.717, 1.165) is 10.7 Å². The molecule has 17 heavy (non-hydrogen) atoms. The summed E-state index contributed by atoms with van der Waals surface area (Å²) in [5, 5.41) is 2.98. The molecule has 0 aliphatic heterocycles. The first-order chi connectivity index (χ1) is 7.93. The Morgan fingerprint density at radius 3 is 2.76 bits per heavy atom. The minimum absolute atomic E-state index is 0.0588. The Balaban J connectivity index is 2.59. The highest BCUT2D eigenvalue weighted by atomic mass is 32.1. The number of thiazole rings is 1. The number of hydrogen-bond donors (Lipinski definition) is 0. The molecular formula is C13H17NO2S. The number of ether oxygens (including phenoxy) is 1. The van der Waals surface area contributed by atoms with Crippen molar-refractivity contribution >= 4 is 17.3 Å². The van der Waals surface area contributed by atoms with Crippen LogP contribution in [0, 0.1) is 11.8 Å². The second kappa shape index (κ2) is 5.83. The van der Waals surface area contributed by atoms with Crippen LogP contribution in [0.5, 0.6) is 0 Å².